The van der Waals surface area contributed by atoms with Gasteiger partial charge in [-0.15, -0.1) is 0 Å². The Morgan fingerprint density at radius 2 is 1.74 bits per heavy atom. The Kier molecular flexibility index (Phi) is 7.97. The Balaban J connectivity index is 1.26. The van der Waals surface area contributed by atoms with Gasteiger partial charge in [0.25, 0.3) is 0 Å². The Labute approximate surface area is 228 Å². The number of carbonyl (C=O) groups excluding carboxylic acids is 1. The molecule has 3 heterocycles. The van der Waals surface area contributed by atoms with Gasteiger partial charge >= 0.3 is 0 Å². The van der Waals surface area contributed by atoms with E-state index in [4.69, 9.17) is 4.98 Å². The average Bonchev–Trinajstić information content (AvgIpc) is 2.96. The Morgan fingerprint density at radius 1 is 1.00 bits per heavy atom. The summed E-state index contributed by atoms with van der Waals surface area (Å²) in [5.41, 5.74) is 3.76. The van der Waals surface area contributed by atoms with Crippen LogP contribution in [0.1, 0.15) is 37.7 Å². The van der Waals surface area contributed by atoms with E-state index in [1.807, 2.05) is 37.3 Å². The van der Waals surface area contributed by atoms with E-state index in [-0.39, 0.29) is 22.5 Å². The van der Waals surface area contributed by atoms with Crippen LogP contribution in [-0.4, -0.2) is 35.0 Å². The Bertz CT molecular complexity index is 1610. The molecule has 2 N–H and O–H groups in total. The van der Waals surface area contributed by atoms with Crippen molar-refractivity contribution in [3.8, 4) is 11.4 Å². The molecule has 3 aromatic heterocycles. The van der Waals surface area contributed by atoms with Crippen LogP contribution in [0.15, 0.2) is 84.2 Å². The summed E-state index contributed by atoms with van der Waals surface area (Å²) in [7, 11) is -3.57. The first-order valence-electron chi connectivity index (χ1n) is 13.1. The van der Waals surface area contributed by atoms with Gasteiger partial charge in [0, 0.05) is 29.4 Å². The van der Waals surface area contributed by atoms with Gasteiger partial charge in [-0.25, -0.2) is 13.4 Å². The van der Waals surface area contributed by atoms with Gasteiger partial charge in [-0.3, -0.25) is 14.8 Å². The number of nitrogens with one attached hydrogen (secondary N) is 2. The summed E-state index contributed by atoms with van der Waals surface area (Å²) in [6.45, 7) is 1.98. The van der Waals surface area contributed by atoms with Gasteiger partial charge in [-0.2, -0.15) is 0 Å². The second-order valence-electron chi connectivity index (χ2n) is 9.78. The highest BCUT2D eigenvalue weighted by atomic mass is 32.2. The van der Waals surface area contributed by atoms with Crippen molar-refractivity contribution < 1.29 is 13.2 Å². The zero-order chi connectivity index (χ0) is 27.2. The molecule has 8 nitrogen and oxygen atoms in total. The molecule has 0 spiro atoms. The molecule has 1 amide bonds. The summed E-state index contributed by atoms with van der Waals surface area (Å²) in [5, 5.41) is 6.92. The molecule has 1 aromatic carbocycles. The molecule has 1 saturated carbocycles. The molecular weight excluding hydrogens is 510 g/mol. The van der Waals surface area contributed by atoms with E-state index in [1.54, 1.807) is 36.8 Å². The van der Waals surface area contributed by atoms with Crippen LogP contribution >= 0.6 is 0 Å². The maximum atomic E-state index is 12.9. The predicted octanol–water partition coefficient (Wildman–Crippen LogP) is 5.92. The zero-order valence-electron chi connectivity index (χ0n) is 21.8. The lowest BCUT2D eigenvalue weighted by Gasteiger charge is -2.20. The van der Waals surface area contributed by atoms with Gasteiger partial charge in [0.05, 0.1) is 22.0 Å². The maximum Gasteiger partial charge on any atom is 0.227 e. The van der Waals surface area contributed by atoms with Crippen molar-refractivity contribution in [3.63, 3.8) is 0 Å². The van der Waals surface area contributed by atoms with Crippen LogP contribution in [0.5, 0.6) is 0 Å². The number of aromatic nitrogens is 3. The number of sulfone groups is 1. The summed E-state index contributed by atoms with van der Waals surface area (Å²) >= 11 is 0. The Morgan fingerprint density at radius 3 is 2.51 bits per heavy atom. The minimum atomic E-state index is -3.57. The highest BCUT2D eigenvalue weighted by Crippen LogP contribution is 2.28. The highest BCUT2D eigenvalue weighted by molar-refractivity contribution is 7.91. The van der Waals surface area contributed by atoms with Gasteiger partial charge in [-0.1, -0.05) is 37.5 Å². The summed E-state index contributed by atoms with van der Waals surface area (Å²) in [6, 6.07) is 16.0. The van der Waals surface area contributed by atoms with Crippen LogP contribution in [0.25, 0.3) is 22.3 Å². The molecule has 1 aliphatic carbocycles. The molecule has 0 unspecified atom stereocenters. The standard InChI is InChI=1S/C30H31N5O3S/c1-21-8-5-16-31-27(21)26-20-23-11-6-17-32-28(23)29(35-26)33-18-7-19-39(37,38)25-14-12-24(13-15-25)34-30(36)22-9-3-2-4-10-22/h5-8,11-18,20,22H,2-4,9-10,19H2,1H3,(H,33,35)(H,34,36). The van der Waals surface area contributed by atoms with E-state index in [1.165, 1.54) is 18.6 Å². The average molecular weight is 542 g/mol. The van der Waals surface area contributed by atoms with Crippen LogP contribution in [0.4, 0.5) is 11.5 Å². The van der Waals surface area contributed by atoms with Crippen molar-refractivity contribution in [3.05, 3.63) is 84.8 Å². The van der Waals surface area contributed by atoms with E-state index in [2.05, 4.69) is 20.6 Å². The fourth-order valence-electron chi connectivity index (χ4n) is 4.82. The van der Waals surface area contributed by atoms with Crippen molar-refractivity contribution in [2.24, 2.45) is 5.92 Å². The number of pyridine rings is 3. The van der Waals surface area contributed by atoms with Crippen molar-refractivity contribution in [1.82, 2.24) is 15.0 Å². The number of nitrogens with zero attached hydrogens (tertiary/aromatic N) is 3. The first kappa shape index (κ1) is 26.5. The van der Waals surface area contributed by atoms with Crippen molar-refractivity contribution in [2.45, 2.75) is 43.9 Å². The fourth-order valence-corrected chi connectivity index (χ4v) is 5.92. The predicted molar refractivity (Wildman–Crippen MR) is 154 cm³/mol. The number of amides is 1. The van der Waals surface area contributed by atoms with Crippen molar-refractivity contribution >= 4 is 38.2 Å². The molecule has 0 atom stereocenters. The number of hydrogen-bond acceptors (Lipinski definition) is 7. The molecule has 200 valence electrons. The molecule has 1 fully saturated rings. The normalized spacial score (nSPS) is 14.5. The number of aryl methyl sites for hydroxylation is 1. The fraction of sp³-hybridized carbons (Fsp3) is 0.267. The van der Waals surface area contributed by atoms with Crippen LogP contribution in [0, 0.1) is 12.8 Å². The summed E-state index contributed by atoms with van der Waals surface area (Å²) < 4.78 is 25.8. The highest BCUT2D eigenvalue weighted by Gasteiger charge is 2.21. The van der Waals surface area contributed by atoms with Crippen LogP contribution < -0.4 is 10.6 Å². The second-order valence-corrected chi connectivity index (χ2v) is 11.8. The van der Waals surface area contributed by atoms with Gasteiger partial charge < -0.3 is 10.6 Å². The largest absolute Gasteiger partial charge is 0.345 e. The number of rotatable bonds is 8. The summed E-state index contributed by atoms with van der Waals surface area (Å²) in [4.78, 5) is 26.3. The zero-order valence-corrected chi connectivity index (χ0v) is 22.6. The number of fused-ring (bicyclic) bond motifs is 1. The third-order valence-electron chi connectivity index (χ3n) is 6.95. The molecule has 39 heavy (non-hydrogen) atoms. The lowest BCUT2D eigenvalue weighted by molar-refractivity contribution is -0.120. The SMILES string of the molecule is Cc1cccnc1-c1cc2cccnc2c(NC=CCS(=O)(=O)c2ccc(NC(=O)C3CCCCC3)cc2)n1. The van der Waals surface area contributed by atoms with Crippen LogP contribution in [-0.2, 0) is 14.6 Å². The van der Waals surface area contributed by atoms with Gasteiger partial charge in [-0.05, 0) is 74.0 Å². The topological polar surface area (TPSA) is 114 Å². The quantitative estimate of drug-likeness (QED) is 0.285. The third kappa shape index (κ3) is 6.31. The number of carbonyl (C=O) groups is 1. The van der Waals surface area contributed by atoms with Gasteiger partial charge in [0.1, 0.15) is 5.52 Å². The second kappa shape index (κ2) is 11.7. The summed E-state index contributed by atoms with van der Waals surface area (Å²) in [6.07, 6.45) is 11.7. The van der Waals surface area contributed by atoms with Crippen molar-refractivity contribution in [2.75, 3.05) is 16.4 Å². The van der Waals surface area contributed by atoms with Crippen LogP contribution in [0.2, 0.25) is 0 Å². The van der Waals surface area contributed by atoms with E-state index < -0.39 is 9.84 Å². The molecule has 0 bridgehead atoms. The molecule has 1 aliphatic rings. The van der Waals surface area contributed by atoms with Crippen molar-refractivity contribution in [1.29, 1.82) is 0 Å². The van der Waals surface area contributed by atoms with Crippen LogP contribution in [0.3, 0.4) is 0 Å². The minimum Gasteiger partial charge on any atom is -0.345 e. The number of hydrogen-bond donors (Lipinski definition) is 2. The molecule has 0 radical (unpaired) electrons. The molecule has 5 rings (SSSR count). The van der Waals surface area contributed by atoms with Gasteiger partial charge in [0.15, 0.2) is 15.7 Å². The minimum absolute atomic E-state index is 0.0113. The molecular formula is C30H31N5O3S. The van der Waals surface area contributed by atoms with E-state index in [0.717, 1.165) is 42.3 Å². The first-order valence-corrected chi connectivity index (χ1v) is 14.8. The smallest absolute Gasteiger partial charge is 0.227 e. The number of anilines is 2. The van der Waals surface area contributed by atoms with E-state index >= 15 is 0 Å². The third-order valence-corrected chi connectivity index (χ3v) is 8.57. The van der Waals surface area contributed by atoms with Gasteiger partial charge in [0.2, 0.25) is 5.91 Å². The lowest BCUT2D eigenvalue weighted by Crippen LogP contribution is -2.24. The maximum absolute atomic E-state index is 12.9. The lowest BCUT2D eigenvalue weighted by atomic mass is 9.88. The monoisotopic (exact) mass is 541 g/mol. The molecule has 0 saturated heterocycles. The Hall–Kier alpha value is -4.11. The summed E-state index contributed by atoms with van der Waals surface area (Å²) in [5.74, 6) is 0.366. The molecule has 0 aliphatic heterocycles. The first-order chi connectivity index (χ1) is 18.9. The van der Waals surface area contributed by atoms with E-state index in [9.17, 15) is 13.2 Å². The molecule has 9 heteroatoms. The molecule has 4 aromatic rings. The number of benzene rings is 1. The van der Waals surface area contributed by atoms with E-state index in [0.29, 0.717) is 22.7 Å².